The molecule has 1 atom stereocenters. The number of unbranched alkanes of at least 4 members (excludes halogenated alkanes) is 10. The lowest BCUT2D eigenvalue weighted by molar-refractivity contribution is -0.153. The lowest BCUT2D eigenvalue weighted by Crippen LogP contribution is -2.21. The molecular weight excluding hydrogens is 304 g/mol. The second-order valence-corrected chi connectivity index (χ2v) is 6.79. The molecule has 0 saturated carbocycles. The summed E-state index contributed by atoms with van der Waals surface area (Å²) in [6.45, 7) is 4.78. The number of ether oxygens (including phenoxy) is 1. The van der Waals surface area contributed by atoms with Gasteiger partial charge in [-0.2, -0.15) is 0 Å². The number of carboxylic acids is 1. The van der Waals surface area contributed by atoms with Crippen molar-refractivity contribution in [3.05, 3.63) is 0 Å². The van der Waals surface area contributed by atoms with Gasteiger partial charge < -0.3 is 9.84 Å². The lowest BCUT2D eigenvalue weighted by Gasteiger charge is -2.14. The Kier molecular flexibility index (Phi) is 16.0. The Morgan fingerprint density at radius 3 is 1.83 bits per heavy atom. The first-order valence-corrected chi connectivity index (χ1v) is 10.00. The van der Waals surface area contributed by atoms with E-state index in [0.29, 0.717) is 13.0 Å². The molecule has 0 bridgehead atoms. The number of hydrogen-bond donors (Lipinski definition) is 1. The van der Waals surface area contributed by atoms with Crippen LogP contribution in [0.3, 0.4) is 0 Å². The Morgan fingerprint density at radius 2 is 1.29 bits per heavy atom. The van der Waals surface area contributed by atoms with E-state index in [-0.39, 0.29) is 12.4 Å². The van der Waals surface area contributed by atoms with Gasteiger partial charge in [0.25, 0.3) is 0 Å². The molecule has 0 aliphatic rings. The fourth-order valence-electron chi connectivity index (χ4n) is 2.86. The zero-order valence-electron chi connectivity index (χ0n) is 15.9. The minimum Gasteiger partial charge on any atom is -0.481 e. The molecule has 0 aromatic rings. The Balaban J connectivity index is 3.78. The molecule has 0 spiro atoms. The van der Waals surface area contributed by atoms with Gasteiger partial charge in [-0.05, 0) is 12.8 Å². The summed E-state index contributed by atoms with van der Waals surface area (Å²) in [6.07, 6.45) is 14.4. The van der Waals surface area contributed by atoms with E-state index in [9.17, 15) is 9.59 Å². The average Bonchev–Trinajstić information content (AvgIpc) is 2.55. The Morgan fingerprint density at radius 1 is 0.792 bits per heavy atom. The molecule has 0 saturated heterocycles. The van der Waals surface area contributed by atoms with E-state index in [1.54, 1.807) is 0 Å². The van der Waals surface area contributed by atoms with Crippen LogP contribution >= 0.6 is 0 Å². The largest absolute Gasteiger partial charge is 0.481 e. The van der Waals surface area contributed by atoms with Crippen molar-refractivity contribution in [2.45, 2.75) is 104 Å². The van der Waals surface area contributed by atoms with Crippen LogP contribution in [0.4, 0.5) is 0 Å². The van der Waals surface area contributed by atoms with Crippen LogP contribution in [-0.4, -0.2) is 23.7 Å². The van der Waals surface area contributed by atoms with Gasteiger partial charge in [-0.1, -0.05) is 84.5 Å². The van der Waals surface area contributed by atoms with Crippen LogP contribution in [0.2, 0.25) is 0 Å². The predicted octanol–water partition coefficient (Wildman–Crippen LogP) is 5.73. The first kappa shape index (κ1) is 22.9. The van der Waals surface area contributed by atoms with Crippen molar-refractivity contribution in [1.82, 2.24) is 0 Å². The summed E-state index contributed by atoms with van der Waals surface area (Å²) in [4.78, 5) is 23.0. The maximum absolute atomic E-state index is 12.1. The molecule has 0 aliphatic heterocycles. The summed E-state index contributed by atoms with van der Waals surface area (Å²) in [6, 6.07) is 0. The summed E-state index contributed by atoms with van der Waals surface area (Å²) in [5.41, 5.74) is 0. The monoisotopic (exact) mass is 342 g/mol. The molecule has 1 unspecified atom stereocenters. The molecule has 142 valence electrons. The van der Waals surface area contributed by atoms with Gasteiger partial charge >= 0.3 is 11.9 Å². The van der Waals surface area contributed by atoms with Crippen molar-refractivity contribution in [2.24, 2.45) is 5.92 Å². The predicted molar refractivity (Wildman–Crippen MR) is 98.1 cm³/mol. The third kappa shape index (κ3) is 14.5. The number of rotatable bonds is 17. The van der Waals surface area contributed by atoms with E-state index in [0.717, 1.165) is 38.5 Å². The first-order valence-electron chi connectivity index (χ1n) is 10.00. The van der Waals surface area contributed by atoms with Crippen molar-refractivity contribution in [2.75, 3.05) is 6.61 Å². The van der Waals surface area contributed by atoms with Crippen molar-refractivity contribution in [3.63, 3.8) is 0 Å². The molecule has 0 aromatic heterocycles. The highest BCUT2D eigenvalue weighted by atomic mass is 16.5. The highest BCUT2D eigenvalue weighted by molar-refractivity contribution is 5.79. The van der Waals surface area contributed by atoms with E-state index in [1.165, 1.54) is 38.5 Å². The molecule has 24 heavy (non-hydrogen) atoms. The van der Waals surface area contributed by atoms with Gasteiger partial charge in [-0.15, -0.1) is 0 Å². The standard InChI is InChI=1S/C20H38O4/c1-3-5-7-9-10-11-12-14-16-24-20(23)18(17-19(21)22)15-13-8-6-4-2/h18H,3-17H2,1-2H3,(H,21,22). The molecule has 4 nitrogen and oxygen atoms in total. The van der Waals surface area contributed by atoms with Gasteiger partial charge in [0.1, 0.15) is 0 Å². The highest BCUT2D eigenvalue weighted by Crippen LogP contribution is 2.17. The second kappa shape index (κ2) is 16.8. The van der Waals surface area contributed by atoms with Gasteiger partial charge in [0.15, 0.2) is 0 Å². The minimum atomic E-state index is -0.917. The molecular formula is C20H38O4. The molecule has 0 fully saturated rings. The third-order valence-electron chi connectivity index (χ3n) is 4.40. The van der Waals surface area contributed by atoms with Crippen LogP contribution in [0.15, 0.2) is 0 Å². The summed E-state index contributed by atoms with van der Waals surface area (Å²) < 4.78 is 5.30. The second-order valence-electron chi connectivity index (χ2n) is 6.79. The van der Waals surface area contributed by atoms with Crippen LogP contribution in [0.5, 0.6) is 0 Å². The number of esters is 1. The van der Waals surface area contributed by atoms with E-state index in [4.69, 9.17) is 9.84 Å². The number of carbonyl (C=O) groups is 2. The van der Waals surface area contributed by atoms with Gasteiger partial charge in [-0.3, -0.25) is 9.59 Å². The van der Waals surface area contributed by atoms with Crippen molar-refractivity contribution < 1.29 is 19.4 Å². The van der Waals surface area contributed by atoms with Crippen LogP contribution in [-0.2, 0) is 14.3 Å². The van der Waals surface area contributed by atoms with Gasteiger partial charge in [0.05, 0.1) is 18.9 Å². The normalized spacial score (nSPS) is 12.1. The van der Waals surface area contributed by atoms with E-state index in [1.807, 2.05) is 0 Å². The van der Waals surface area contributed by atoms with Crippen molar-refractivity contribution >= 4 is 11.9 Å². The average molecular weight is 343 g/mol. The maximum Gasteiger partial charge on any atom is 0.309 e. The van der Waals surface area contributed by atoms with Crippen LogP contribution < -0.4 is 0 Å². The van der Waals surface area contributed by atoms with E-state index >= 15 is 0 Å². The molecule has 0 aliphatic carbocycles. The number of aliphatic carboxylic acids is 1. The SMILES string of the molecule is CCCCCCCCCCOC(=O)C(CCCCCC)CC(=O)O. The fraction of sp³-hybridized carbons (Fsp3) is 0.900. The number of carboxylic acid groups (broad SMARTS) is 1. The Bertz CT molecular complexity index is 315. The zero-order valence-corrected chi connectivity index (χ0v) is 15.9. The topological polar surface area (TPSA) is 63.6 Å². The molecule has 0 radical (unpaired) electrons. The maximum atomic E-state index is 12.1. The van der Waals surface area contributed by atoms with E-state index < -0.39 is 11.9 Å². The molecule has 0 heterocycles. The molecule has 0 rings (SSSR count). The highest BCUT2D eigenvalue weighted by Gasteiger charge is 2.22. The quantitative estimate of drug-likeness (QED) is 0.271. The van der Waals surface area contributed by atoms with Crippen LogP contribution in [0, 0.1) is 5.92 Å². The third-order valence-corrected chi connectivity index (χ3v) is 4.40. The molecule has 4 heteroatoms. The number of hydrogen-bond acceptors (Lipinski definition) is 3. The summed E-state index contributed by atoms with van der Waals surface area (Å²) >= 11 is 0. The van der Waals surface area contributed by atoms with E-state index in [2.05, 4.69) is 13.8 Å². The van der Waals surface area contributed by atoms with Crippen LogP contribution in [0.1, 0.15) is 104 Å². The Labute approximate surface area is 148 Å². The van der Waals surface area contributed by atoms with Crippen LogP contribution in [0.25, 0.3) is 0 Å². The lowest BCUT2D eigenvalue weighted by atomic mass is 9.97. The molecule has 0 aromatic carbocycles. The smallest absolute Gasteiger partial charge is 0.309 e. The first-order chi connectivity index (χ1) is 11.6. The van der Waals surface area contributed by atoms with Crippen molar-refractivity contribution in [1.29, 1.82) is 0 Å². The number of carbonyl (C=O) groups excluding carboxylic acids is 1. The van der Waals surface area contributed by atoms with Gasteiger partial charge in [0, 0.05) is 0 Å². The van der Waals surface area contributed by atoms with Gasteiger partial charge in [-0.25, -0.2) is 0 Å². The summed E-state index contributed by atoms with van der Waals surface area (Å²) in [7, 11) is 0. The van der Waals surface area contributed by atoms with Crippen molar-refractivity contribution in [3.8, 4) is 0 Å². The zero-order chi connectivity index (χ0) is 18.0. The fourth-order valence-corrected chi connectivity index (χ4v) is 2.86. The minimum absolute atomic E-state index is 0.109. The Hall–Kier alpha value is -1.06. The summed E-state index contributed by atoms with van der Waals surface area (Å²) in [5.74, 6) is -1.72. The summed E-state index contributed by atoms with van der Waals surface area (Å²) in [5, 5.41) is 8.96. The molecule has 1 N–H and O–H groups in total. The van der Waals surface area contributed by atoms with Gasteiger partial charge in [0.2, 0.25) is 0 Å². The molecule has 0 amide bonds.